The Kier molecular flexibility index (Phi) is 6.63. The number of halogens is 2. The summed E-state index contributed by atoms with van der Waals surface area (Å²) in [5.41, 5.74) is 3.18. The molecule has 1 saturated heterocycles. The molecule has 1 aliphatic heterocycles. The van der Waals surface area contributed by atoms with Gasteiger partial charge in [0.2, 0.25) is 0 Å². The van der Waals surface area contributed by atoms with Gasteiger partial charge >= 0.3 is 6.09 Å². The SMILES string of the molecule is Cc1ccn(-c2ccc(C(=O)N(C)[C@@H]3CCN(C(=O)O)C[C@H]3c3ccc(Cl)c(Cl)c3)cc2)n1. The lowest BCUT2D eigenvalue weighted by atomic mass is 9.85. The van der Waals surface area contributed by atoms with Gasteiger partial charge in [-0.1, -0.05) is 29.3 Å². The number of aromatic nitrogens is 2. The number of likely N-dealkylation sites (N-methyl/N-ethyl adjacent to an activating group) is 1. The third-order valence-corrected chi connectivity index (χ3v) is 6.88. The van der Waals surface area contributed by atoms with Crippen molar-refractivity contribution in [3.63, 3.8) is 0 Å². The third kappa shape index (κ3) is 4.84. The van der Waals surface area contributed by atoms with Gasteiger partial charge in [-0.15, -0.1) is 0 Å². The summed E-state index contributed by atoms with van der Waals surface area (Å²) in [7, 11) is 1.76. The maximum atomic E-state index is 13.3. The quantitative estimate of drug-likeness (QED) is 0.556. The second-order valence-electron chi connectivity index (χ2n) is 8.23. The molecule has 0 saturated carbocycles. The van der Waals surface area contributed by atoms with E-state index in [2.05, 4.69) is 5.10 Å². The molecule has 9 heteroatoms. The summed E-state index contributed by atoms with van der Waals surface area (Å²) < 4.78 is 1.76. The Morgan fingerprint density at radius 3 is 2.42 bits per heavy atom. The van der Waals surface area contributed by atoms with Crippen LogP contribution in [0.5, 0.6) is 0 Å². The average Bonchev–Trinajstić information content (AvgIpc) is 3.26. The van der Waals surface area contributed by atoms with Gasteiger partial charge in [-0.05, 0) is 61.4 Å². The Labute approximate surface area is 202 Å². The van der Waals surface area contributed by atoms with Crippen molar-refractivity contribution in [1.29, 1.82) is 0 Å². The molecule has 3 aromatic rings. The van der Waals surface area contributed by atoms with Crippen molar-refractivity contribution in [2.24, 2.45) is 0 Å². The second kappa shape index (κ2) is 9.45. The van der Waals surface area contributed by atoms with Gasteiger partial charge in [0.1, 0.15) is 0 Å². The number of piperidine rings is 1. The first-order chi connectivity index (χ1) is 15.7. The number of aryl methyl sites for hydroxylation is 1. The third-order valence-electron chi connectivity index (χ3n) is 6.14. The summed E-state index contributed by atoms with van der Waals surface area (Å²) in [5, 5.41) is 14.7. The van der Waals surface area contributed by atoms with Crippen LogP contribution in [0.1, 0.15) is 34.0 Å². The van der Waals surface area contributed by atoms with Gasteiger partial charge in [-0.25, -0.2) is 9.48 Å². The standard InChI is InChI=1S/C24H24Cl2N4O3/c1-15-9-12-30(27-15)18-6-3-16(4-7-18)23(31)28(2)22-10-11-29(24(32)33)14-19(22)17-5-8-20(25)21(26)13-17/h3-9,12-13,19,22H,10-11,14H2,1-2H3,(H,32,33)/t19-,22+/m0/s1. The fraction of sp³-hybridized carbons (Fsp3) is 0.292. The van der Waals surface area contributed by atoms with E-state index in [9.17, 15) is 14.7 Å². The van der Waals surface area contributed by atoms with Gasteiger partial charge in [0.25, 0.3) is 5.91 Å². The van der Waals surface area contributed by atoms with E-state index in [0.29, 0.717) is 28.6 Å². The van der Waals surface area contributed by atoms with Crippen molar-refractivity contribution in [3.8, 4) is 5.69 Å². The summed E-state index contributed by atoms with van der Waals surface area (Å²) in [6, 6.07) is 14.3. The minimum absolute atomic E-state index is 0.128. The van der Waals surface area contributed by atoms with E-state index in [1.807, 2.05) is 37.4 Å². The van der Waals surface area contributed by atoms with Crippen molar-refractivity contribution < 1.29 is 14.7 Å². The lowest BCUT2D eigenvalue weighted by Gasteiger charge is -2.42. The predicted molar refractivity (Wildman–Crippen MR) is 128 cm³/mol. The minimum Gasteiger partial charge on any atom is -0.465 e. The van der Waals surface area contributed by atoms with Crippen LogP contribution < -0.4 is 0 Å². The highest BCUT2D eigenvalue weighted by molar-refractivity contribution is 6.42. The highest BCUT2D eigenvalue weighted by atomic mass is 35.5. The topological polar surface area (TPSA) is 78.7 Å². The first-order valence-corrected chi connectivity index (χ1v) is 11.3. The van der Waals surface area contributed by atoms with Crippen LogP contribution in [-0.2, 0) is 0 Å². The van der Waals surface area contributed by atoms with E-state index in [0.717, 1.165) is 16.9 Å². The van der Waals surface area contributed by atoms with Gasteiger partial charge < -0.3 is 14.9 Å². The van der Waals surface area contributed by atoms with Crippen molar-refractivity contribution in [3.05, 3.63) is 81.6 Å². The largest absolute Gasteiger partial charge is 0.465 e. The second-order valence-corrected chi connectivity index (χ2v) is 9.04. The van der Waals surface area contributed by atoms with Crippen LogP contribution >= 0.6 is 23.2 Å². The van der Waals surface area contributed by atoms with Crippen LogP contribution in [0.15, 0.2) is 54.7 Å². The van der Waals surface area contributed by atoms with Gasteiger partial charge in [0.15, 0.2) is 0 Å². The number of rotatable bonds is 4. The van der Waals surface area contributed by atoms with E-state index in [1.165, 1.54) is 4.90 Å². The molecule has 1 aliphatic rings. The number of hydrogen-bond acceptors (Lipinski definition) is 3. The molecule has 4 rings (SSSR count). The molecule has 7 nitrogen and oxygen atoms in total. The summed E-state index contributed by atoms with van der Waals surface area (Å²) in [4.78, 5) is 28.0. The van der Waals surface area contributed by atoms with E-state index in [-0.39, 0.29) is 24.4 Å². The van der Waals surface area contributed by atoms with Crippen molar-refractivity contribution in [2.45, 2.75) is 25.3 Å². The fourth-order valence-corrected chi connectivity index (χ4v) is 4.62. The smallest absolute Gasteiger partial charge is 0.407 e. The molecule has 0 unspecified atom stereocenters. The van der Waals surface area contributed by atoms with E-state index in [1.54, 1.807) is 40.9 Å². The molecule has 2 atom stereocenters. The molecule has 0 bridgehead atoms. The molecular formula is C24H24Cl2N4O3. The van der Waals surface area contributed by atoms with Crippen molar-refractivity contribution in [2.75, 3.05) is 20.1 Å². The van der Waals surface area contributed by atoms with Gasteiger partial charge in [-0.2, -0.15) is 5.10 Å². The number of carboxylic acid groups (broad SMARTS) is 1. The number of benzene rings is 2. The number of hydrogen-bond donors (Lipinski definition) is 1. The highest BCUT2D eigenvalue weighted by Gasteiger charge is 2.37. The van der Waals surface area contributed by atoms with Crippen LogP contribution in [0.25, 0.3) is 5.69 Å². The first kappa shape index (κ1) is 23.1. The average molecular weight is 487 g/mol. The molecule has 0 radical (unpaired) electrons. The Morgan fingerprint density at radius 2 is 1.82 bits per heavy atom. The summed E-state index contributed by atoms with van der Waals surface area (Å²) >= 11 is 12.3. The van der Waals surface area contributed by atoms with Crippen LogP contribution in [0, 0.1) is 6.92 Å². The number of likely N-dealkylation sites (tertiary alicyclic amines) is 1. The number of amides is 2. The predicted octanol–water partition coefficient (Wildman–Crippen LogP) is 5.10. The Hall–Kier alpha value is -3.03. The normalized spacial score (nSPS) is 18.2. The molecule has 1 aromatic heterocycles. The van der Waals surface area contributed by atoms with Crippen LogP contribution in [-0.4, -0.2) is 62.9 Å². The molecule has 2 aromatic carbocycles. The molecule has 0 spiro atoms. The summed E-state index contributed by atoms with van der Waals surface area (Å²) in [5.74, 6) is -0.359. The van der Waals surface area contributed by atoms with Crippen LogP contribution in [0.2, 0.25) is 10.0 Å². The Balaban J connectivity index is 1.58. The van der Waals surface area contributed by atoms with E-state index in [4.69, 9.17) is 23.2 Å². The van der Waals surface area contributed by atoms with Gasteiger partial charge in [-0.3, -0.25) is 4.79 Å². The molecule has 2 amide bonds. The number of nitrogens with zero attached hydrogens (tertiary/aromatic N) is 4. The molecular weight excluding hydrogens is 463 g/mol. The highest BCUT2D eigenvalue weighted by Crippen LogP contribution is 2.34. The summed E-state index contributed by atoms with van der Waals surface area (Å²) in [6.07, 6.45) is 1.41. The van der Waals surface area contributed by atoms with E-state index < -0.39 is 6.09 Å². The zero-order valence-electron chi connectivity index (χ0n) is 18.3. The molecule has 33 heavy (non-hydrogen) atoms. The zero-order chi connectivity index (χ0) is 23.7. The van der Waals surface area contributed by atoms with Crippen molar-refractivity contribution >= 4 is 35.2 Å². The lowest BCUT2D eigenvalue weighted by Crippen LogP contribution is -2.51. The molecule has 1 fully saturated rings. The molecule has 2 heterocycles. The zero-order valence-corrected chi connectivity index (χ0v) is 19.8. The number of carbonyl (C=O) groups excluding carboxylic acids is 1. The maximum Gasteiger partial charge on any atom is 0.407 e. The minimum atomic E-state index is -0.975. The molecule has 172 valence electrons. The Morgan fingerprint density at radius 1 is 1.09 bits per heavy atom. The summed E-state index contributed by atoms with van der Waals surface area (Å²) in [6.45, 7) is 2.55. The molecule has 1 N–H and O–H groups in total. The Bertz CT molecular complexity index is 1180. The van der Waals surface area contributed by atoms with Crippen molar-refractivity contribution in [1.82, 2.24) is 19.6 Å². The lowest BCUT2D eigenvalue weighted by molar-refractivity contribution is 0.0591. The number of carbonyl (C=O) groups is 2. The van der Waals surface area contributed by atoms with Crippen LogP contribution in [0.4, 0.5) is 4.79 Å². The fourth-order valence-electron chi connectivity index (χ4n) is 4.32. The first-order valence-electron chi connectivity index (χ1n) is 10.6. The monoisotopic (exact) mass is 486 g/mol. The van der Waals surface area contributed by atoms with Gasteiger partial charge in [0, 0.05) is 43.9 Å². The molecule has 0 aliphatic carbocycles. The van der Waals surface area contributed by atoms with E-state index >= 15 is 0 Å². The van der Waals surface area contributed by atoms with Gasteiger partial charge in [0.05, 0.1) is 21.4 Å². The van der Waals surface area contributed by atoms with Crippen LogP contribution in [0.3, 0.4) is 0 Å². The maximum absolute atomic E-state index is 13.3.